The number of rotatable bonds is 3. The number of carbonyl (C=O) groups is 1. The van der Waals surface area contributed by atoms with Gasteiger partial charge in [-0.3, -0.25) is 13.6 Å². The van der Waals surface area contributed by atoms with E-state index >= 15 is 0 Å². The van der Waals surface area contributed by atoms with Crippen LogP contribution in [0.5, 0.6) is 5.75 Å². The molecule has 0 amide bonds. The van der Waals surface area contributed by atoms with Gasteiger partial charge in [0, 0.05) is 18.2 Å². The zero-order valence-corrected chi connectivity index (χ0v) is 18.3. The molecule has 13 heteroatoms. The number of fused-ring (bicyclic) bond motifs is 1. The molecule has 1 aromatic rings. The SMILES string of the molecule is CC(C)OC(=O)Oc1ccc(C2OP(=O)(O)C3(O)CC=CC=CN=COP3(=O)O2)cc1. The summed E-state index contributed by atoms with van der Waals surface area (Å²) in [6, 6.07) is 5.42. The zero-order valence-electron chi connectivity index (χ0n) is 16.6. The van der Waals surface area contributed by atoms with Crippen LogP contribution in [0.4, 0.5) is 4.79 Å². The summed E-state index contributed by atoms with van der Waals surface area (Å²) >= 11 is 0. The number of allylic oxidation sites excluding steroid dienone is 2. The van der Waals surface area contributed by atoms with E-state index in [0.717, 1.165) is 6.40 Å². The predicted molar refractivity (Wildman–Crippen MR) is 108 cm³/mol. The van der Waals surface area contributed by atoms with E-state index in [0.29, 0.717) is 0 Å². The maximum atomic E-state index is 13.3. The first-order valence-electron chi connectivity index (χ1n) is 9.09. The van der Waals surface area contributed by atoms with Crippen molar-refractivity contribution in [3.8, 4) is 5.75 Å². The Morgan fingerprint density at radius 2 is 1.94 bits per heavy atom. The van der Waals surface area contributed by atoms with E-state index in [9.17, 15) is 23.9 Å². The molecule has 1 fully saturated rings. The fourth-order valence-electron chi connectivity index (χ4n) is 2.59. The summed E-state index contributed by atoms with van der Waals surface area (Å²) in [6.07, 6.45) is 2.90. The lowest BCUT2D eigenvalue weighted by Gasteiger charge is -2.42. The van der Waals surface area contributed by atoms with Crippen molar-refractivity contribution in [2.45, 2.75) is 37.7 Å². The average Bonchev–Trinajstić information content (AvgIpc) is 2.67. The Morgan fingerprint density at radius 1 is 1.23 bits per heavy atom. The van der Waals surface area contributed by atoms with Crippen molar-refractivity contribution in [2.24, 2.45) is 4.99 Å². The molecular weight excluding hydrogens is 452 g/mol. The van der Waals surface area contributed by atoms with Crippen molar-refractivity contribution in [2.75, 3.05) is 0 Å². The Hall–Kier alpha value is -2.26. The summed E-state index contributed by atoms with van der Waals surface area (Å²) in [6.45, 7) is 3.33. The highest BCUT2D eigenvalue weighted by Gasteiger charge is 2.68. The average molecular weight is 473 g/mol. The summed E-state index contributed by atoms with van der Waals surface area (Å²) < 4.78 is 51.5. The molecule has 2 heterocycles. The summed E-state index contributed by atoms with van der Waals surface area (Å²) in [5.41, 5.74) is 0.157. The molecule has 0 radical (unpaired) electrons. The van der Waals surface area contributed by atoms with Crippen LogP contribution in [0.1, 0.15) is 32.1 Å². The highest BCUT2D eigenvalue weighted by atomic mass is 31.2. The van der Waals surface area contributed by atoms with Gasteiger partial charge in [-0.2, -0.15) is 0 Å². The van der Waals surface area contributed by atoms with Crippen molar-refractivity contribution >= 4 is 27.7 Å². The molecule has 1 saturated heterocycles. The molecule has 4 atom stereocenters. The van der Waals surface area contributed by atoms with Crippen molar-refractivity contribution in [1.29, 1.82) is 0 Å². The second-order valence-corrected chi connectivity index (χ2v) is 11.3. The Labute approximate surface area is 178 Å². The molecule has 2 N–H and O–H groups in total. The first-order valence-corrected chi connectivity index (χ1v) is 12.2. The summed E-state index contributed by atoms with van der Waals surface area (Å²) in [7, 11) is -9.61. The lowest BCUT2D eigenvalue weighted by molar-refractivity contribution is -0.0561. The minimum Gasteiger partial charge on any atom is -0.431 e. The predicted octanol–water partition coefficient (Wildman–Crippen LogP) is 4.20. The third-order valence-electron chi connectivity index (χ3n) is 4.11. The van der Waals surface area contributed by atoms with E-state index in [4.69, 9.17) is 23.0 Å². The van der Waals surface area contributed by atoms with Crippen molar-refractivity contribution in [1.82, 2.24) is 0 Å². The van der Waals surface area contributed by atoms with Crippen LogP contribution < -0.4 is 4.74 Å². The van der Waals surface area contributed by atoms with Gasteiger partial charge in [-0.15, -0.1) is 0 Å². The highest BCUT2D eigenvalue weighted by molar-refractivity contribution is 7.74. The fraction of sp³-hybridized carbons (Fsp3) is 0.333. The number of hydrogen-bond acceptors (Lipinski definition) is 10. The lowest BCUT2D eigenvalue weighted by Crippen LogP contribution is -2.36. The summed E-state index contributed by atoms with van der Waals surface area (Å²) in [4.78, 5) is 25.7. The molecule has 2 aliphatic rings. The van der Waals surface area contributed by atoms with Crippen LogP contribution >= 0.6 is 15.2 Å². The number of hydrogen-bond donors (Lipinski definition) is 2. The second kappa shape index (κ2) is 9.08. The van der Waals surface area contributed by atoms with E-state index in [1.807, 2.05) is 0 Å². The number of aliphatic imine (C=N–C) groups is 1. The topological polar surface area (TPSA) is 150 Å². The molecule has 0 bridgehead atoms. The molecule has 2 aliphatic heterocycles. The number of aliphatic hydroxyl groups is 1. The van der Waals surface area contributed by atoms with Crippen LogP contribution in [0.25, 0.3) is 0 Å². The smallest absolute Gasteiger partial charge is 0.431 e. The Balaban J connectivity index is 1.86. The van der Waals surface area contributed by atoms with Gasteiger partial charge in [0.25, 0.3) is 5.08 Å². The normalized spacial score (nSPS) is 32.7. The third-order valence-corrected chi connectivity index (χ3v) is 9.07. The van der Waals surface area contributed by atoms with Crippen molar-refractivity contribution in [3.05, 3.63) is 54.3 Å². The van der Waals surface area contributed by atoms with Gasteiger partial charge in [0.05, 0.1) is 6.10 Å². The second-order valence-electron chi connectivity index (χ2n) is 6.76. The van der Waals surface area contributed by atoms with E-state index in [1.165, 1.54) is 48.7 Å². The first kappa shape index (κ1) is 23.4. The fourth-order valence-corrected chi connectivity index (χ4v) is 6.56. The molecule has 168 valence electrons. The maximum absolute atomic E-state index is 13.3. The van der Waals surface area contributed by atoms with Gasteiger partial charge in [-0.25, -0.2) is 14.4 Å². The largest absolute Gasteiger partial charge is 0.514 e. The number of benzene rings is 1. The van der Waals surface area contributed by atoms with Gasteiger partial charge in [0.15, 0.2) is 6.40 Å². The van der Waals surface area contributed by atoms with E-state index in [2.05, 4.69) is 4.99 Å². The van der Waals surface area contributed by atoms with E-state index in [-0.39, 0.29) is 17.4 Å². The number of carbonyl (C=O) groups excluding carboxylic acids is 1. The molecule has 1 aromatic carbocycles. The monoisotopic (exact) mass is 473 g/mol. The molecule has 4 unspecified atom stereocenters. The van der Waals surface area contributed by atoms with Gasteiger partial charge < -0.3 is 24.0 Å². The van der Waals surface area contributed by atoms with Crippen LogP contribution in [0, 0.1) is 0 Å². The van der Waals surface area contributed by atoms with Gasteiger partial charge in [0.1, 0.15) is 5.75 Å². The van der Waals surface area contributed by atoms with Gasteiger partial charge >= 0.3 is 21.3 Å². The maximum Gasteiger partial charge on any atom is 0.514 e. The third kappa shape index (κ3) is 4.98. The van der Waals surface area contributed by atoms with Gasteiger partial charge in [-0.1, -0.05) is 24.3 Å². The van der Waals surface area contributed by atoms with Crippen LogP contribution in [0.15, 0.2) is 53.7 Å². The Morgan fingerprint density at radius 3 is 2.61 bits per heavy atom. The summed E-state index contributed by atoms with van der Waals surface area (Å²) in [5, 5.41) is 7.98. The minimum atomic E-state index is -4.95. The molecule has 0 saturated carbocycles. The molecule has 31 heavy (non-hydrogen) atoms. The van der Waals surface area contributed by atoms with Crippen LogP contribution in [0.2, 0.25) is 0 Å². The molecule has 3 rings (SSSR count). The molecule has 0 spiro atoms. The lowest BCUT2D eigenvalue weighted by atomic mass is 10.2. The molecule has 0 aliphatic carbocycles. The molecular formula is C18H21NO10P2. The zero-order chi connectivity index (χ0) is 22.7. The molecule has 11 nitrogen and oxygen atoms in total. The van der Waals surface area contributed by atoms with E-state index in [1.54, 1.807) is 13.8 Å². The Kier molecular flexibility index (Phi) is 6.85. The van der Waals surface area contributed by atoms with Crippen molar-refractivity contribution in [3.63, 3.8) is 0 Å². The molecule has 0 aromatic heterocycles. The van der Waals surface area contributed by atoms with Gasteiger partial charge in [-0.05, 0) is 32.1 Å². The van der Waals surface area contributed by atoms with Gasteiger partial charge in [0.2, 0.25) is 6.29 Å². The number of nitrogens with zero attached hydrogens (tertiary/aromatic N) is 1. The van der Waals surface area contributed by atoms with Crippen LogP contribution in [-0.4, -0.2) is 33.7 Å². The highest BCUT2D eigenvalue weighted by Crippen LogP contribution is 2.81. The first-order chi connectivity index (χ1) is 14.6. The van der Waals surface area contributed by atoms with E-state index < -0.39 is 39.1 Å². The standard InChI is InChI=1S/C18H21NO10P2/c1-13(2)26-17(20)27-15-8-6-14(7-9-15)16-28-30(22,23)18(21)10-4-3-5-11-19-12-25-31(18,24)29-16/h3-9,11-13,16,21H,10H2,1-2H3,(H,22,23). The minimum absolute atomic E-state index is 0.125. The Bertz CT molecular complexity index is 1000. The number of ether oxygens (including phenoxy) is 2. The summed E-state index contributed by atoms with van der Waals surface area (Å²) in [5.74, 6) is 0.125. The van der Waals surface area contributed by atoms with Crippen LogP contribution in [-0.2, 0) is 27.4 Å². The van der Waals surface area contributed by atoms with Crippen LogP contribution in [0.3, 0.4) is 0 Å². The quantitative estimate of drug-likeness (QED) is 0.371. The van der Waals surface area contributed by atoms with Crippen molar-refractivity contribution < 1.29 is 47.0 Å².